The van der Waals surface area contributed by atoms with Crippen molar-refractivity contribution in [1.29, 1.82) is 0 Å². The van der Waals surface area contributed by atoms with Gasteiger partial charge in [-0.1, -0.05) is 48.5 Å². The van der Waals surface area contributed by atoms with Crippen molar-refractivity contribution >= 4 is 29.5 Å². The number of carbonyl (C=O) groups excluding carboxylic acids is 3. The van der Waals surface area contributed by atoms with Gasteiger partial charge in [0.15, 0.2) is 6.61 Å². The average molecular weight is 413 g/mol. The van der Waals surface area contributed by atoms with Crippen molar-refractivity contribution in [3.8, 4) is 0 Å². The van der Waals surface area contributed by atoms with E-state index in [4.69, 9.17) is 4.74 Å². The molecule has 0 unspecified atom stereocenters. The van der Waals surface area contributed by atoms with E-state index in [0.29, 0.717) is 0 Å². The van der Waals surface area contributed by atoms with E-state index < -0.39 is 23.7 Å². The number of amides is 2. The second-order valence-corrected chi connectivity index (χ2v) is 8.10. The molecule has 152 valence electrons. The number of thioether (sulfide) groups is 1. The minimum atomic E-state index is -0.588. The number of nitrogens with zero attached hydrogens (tertiary/aromatic N) is 1. The first-order valence-electron chi connectivity index (χ1n) is 9.49. The third-order valence-electron chi connectivity index (χ3n) is 4.40. The van der Waals surface area contributed by atoms with Crippen LogP contribution in [-0.2, 0) is 19.1 Å². The zero-order valence-corrected chi connectivity index (χ0v) is 17.1. The maximum absolute atomic E-state index is 12.8. The van der Waals surface area contributed by atoms with E-state index in [0.717, 1.165) is 23.3 Å². The van der Waals surface area contributed by atoms with Crippen molar-refractivity contribution in [3.05, 3.63) is 66.2 Å². The van der Waals surface area contributed by atoms with E-state index in [9.17, 15) is 14.4 Å². The van der Waals surface area contributed by atoms with Crippen LogP contribution in [0.25, 0.3) is 0 Å². The number of hydrogen-bond acceptors (Lipinski definition) is 5. The molecule has 1 N–H and O–H groups in total. The number of hydrogen-bond donors (Lipinski definition) is 1. The van der Waals surface area contributed by atoms with Crippen LogP contribution < -0.4 is 5.32 Å². The predicted octanol–water partition coefficient (Wildman–Crippen LogP) is 2.80. The Hall–Kier alpha value is -2.80. The van der Waals surface area contributed by atoms with Crippen molar-refractivity contribution in [1.82, 2.24) is 10.2 Å². The first-order chi connectivity index (χ1) is 14.0. The van der Waals surface area contributed by atoms with Crippen molar-refractivity contribution in [2.45, 2.75) is 29.0 Å². The Labute approximate surface area is 174 Å². The van der Waals surface area contributed by atoms with Crippen LogP contribution in [0.2, 0.25) is 0 Å². The Morgan fingerprint density at radius 1 is 1.07 bits per heavy atom. The summed E-state index contributed by atoms with van der Waals surface area (Å²) in [5.41, 5.74) is 0.802. The van der Waals surface area contributed by atoms with E-state index in [-0.39, 0.29) is 18.5 Å². The van der Waals surface area contributed by atoms with Gasteiger partial charge in [0.2, 0.25) is 5.91 Å². The van der Waals surface area contributed by atoms with Crippen LogP contribution in [0.4, 0.5) is 0 Å². The Morgan fingerprint density at radius 2 is 1.69 bits per heavy atom. The van der Waals surface area contributed by atoms with E-state index in [2.05, 4.69) is 5.32 Å². The third-order valence-corrected chi connectivity index (χ3v) is 5.65. The topological polar surface area (TPSA) is 75.7 Å². The molecular weight excluding hydrogens is 388 g/mol. The molecule has 2 amide bonds. The second-order valence-electron chi connectivity index (χ2n) is 6.92. The monoisotopic (exact) mass is 412 g/mol. The first kappa shape index (κ1) is 20.9. The zero-order valence-electron chi connectivity index (χ0n) is 16.2. The zero-order chi connectivity index (χ0) is 20.6. The molecule has 7 heteroatoms. The normalized spacial score (nSPS) is 14.0. The van der Waals surface area contributed by atoms with Gasteiger partial charge in [0.05, 0.1) is 6.54 Å². The molecule has 0 bridgehead atoms. The number of esters is 1. The summed E-state index contributed by atoms with van der Waals surface area (Å²) in [6.07, 6.45) is 1.97. The fourth-order valence-electron chi connectivity index (χ4n) is 2.64. The van der Waals surface area contributed by atoms with Crippen molar-refractivity contribution in [2.75, 3.05) is 20.2 Å². The molecule has 1 saturated carbocycles. The van der Waals surface area contributed by atoms with E-state index in [1.165, 1.54) is 23.7 Å². The molecule has 2 aromatic rings. The van der Waals surface area contributed by atoms with Crippen LogP contribution in [0.5, 0.6) is 0 Å². The minimum absolute atomic E-state index is 0.0479. The van der Waals surface area contributed by atoms with Crippen molar-refractivity contribution in [3.63, 3.8) is 0 Å². The summed E-state index contributed by atoms with van der Waals surface area (Å²) in [5.74, 6) is -1.11. The number of rotatable bonds is 9. The van der Waals surface area contributed by atoms with Gasteiger partial charge in [-0.15, -0.1) is 11.8 Å². The third kappa shape index (κ3) is 6.64. The summed E-state index contributed by atoms with van der Waals surface area (Å²) < 4.78 is 5.31. The van der Waals surface area contributed by atoms with Gasteiger partial charge in [0, 0.05) is 18.0 Å². The standard InChI is InChI=1S/C22H24N2O4S/c1-24(14-19(25)23-17-12-13-17)20(26)15-28-22(27)21(16-8-4-2-5-9-16)29-18-10-6-3-7-11-18/h2-11,17,21H,12-15H2,1H3,(H,23,25)/t21-/m0/s1. The molecule has 0 radical (unpaired) electrons. The Morgan fingerprint density at radius 3 is 2.31 bits per heavy atom. The molecule has 3 rings (SSSR count). The van der Waals surface area contributed by atoms with Gasteiger partial charge in [0.25, 0.3) is 5.91 Å². The molecule has 0 aromatic heterocycles. The lowest BCUT2D eigenvalue weighted by molar-refractivity contribution is -0.151. The van der Waals surface area contributed by atoms with Crippen LogP contribution in [-0.4, -0.2) is 48.9 Å². The van der Waals surface area contributed by atoms with E-state index >= 15 is 0 Å². The average Bonchev–Trinajstić information content (AvgIpc) is 3.55. The van der Waals surface area contributed by atoms with Crippen LogP contribution in [0, 0.1) is 0 Å². The molecule has 29 heavy (non-hydrogen) atoms. The lowest BCUT2D eigenvalue weighted by atomic mass is 10.1. The molecule has 0 saturated heterocycles. The Kier molecular flexibility index (Phi) is 7.30. The summed E-state index contributed by atoms with van der Waals surface area (Å²) >= 11 is 1.37. The largest absolute Gasteiger partial charge is 0.454 e. The number of carbonyl (C=O) groups is 3. The maximum atomic E-state index is 12.8. The molecule has 0 heterocycles. The molecular formula is C22H24N2O4S. The molecule has 2 aromatic carbocycles. The van der Waals surface area contributed by atoms with Gasteiger partial charge in [-0.2, -0.15) is 0 Å². The highest BCUT2D eigenvalue weighted by Gasteiger charge is 2.26. The predicted molar refractivity (Wildman–Crippen MR) is 111 cm³/mol. The van der Waals surface area contributed by atoms with Crippen LogP contribution in [0.3, 0.4) is 0 Å². The first-order valence-corrected chi connectivity index (χ1v) is 10.4. The molecule has 1 aliphatic carbocycles. The van der Waals surface area contributed by atoms with Crippen LogP contribution in [0.15, 0.2) is 65.6 Å². The fourth-order valence-corrected chi connectivity index (χ4v) is 3.68. The quantitative estimate of drug-likeness (QED) is 0.506. The lowest BCUT2D eigenvalue weighted by Gasteiger charge is -2.19. The highest BCUT2D eigenvalue weighted by Crippen LogP contribution is 2.36. The van der Waals surface area contributed by atoms with Crippen molar-refractivity contribution in [2.24, 2.45) is 0 Å². The fraction of sp³-hybridized carbons (Fsp3) is 0.318. The summed E-state index contributed by atoms with van der Waals surface area (Å²) in [6, 6.07) is 19.1. The van der Waals surface area contributed by atoms with Gasteiger partial charge in [-0.25, -0.2) is 0 Å². The molecule has 0 aliphatic heterocycles. The highest BCUT2D eigenvalue weighted by molar-refractivity contribution is 8.00. The maximum Gasteiger partial charge on any atom is 0.324 e. The van der Waals surface area contributed by atoms with Gasteiger partial charge >= 0.3 is 5.97 Å². The van der Waals surface area contributed by atoms with Crippen molar-refractivity contribution < 1.29 is 19.1 Å². The van der Waals surface area contributed by atoms with Crippen LogP contribution >= 0.6 is 11.8 Å². The van der Waals surface area contributed by atoms with Gasteiger partial charge < -0.3 is 15.0 Å². The van der Waals surface area contributed by atoms with Crippen LogP contribution in [0.1, 0.15) is 23.7 Å². The molecule has 6 nitrogen and oxygen atoms in total. The Balaban J connectivity index is 1.57. The Bertz CT molecular complexity index is 840. The SMILES string of the molecule is CN(CC(=O)NC1CC1)C(=O)COC(=O)[C@@H](Sc1ccccc1)c1ccccc1. The lowest BCUT2D eigenvalue weighted by Crippen LogP contribution is -2.40. The summed E-state index contributed by atoms with van der Waals surface area (Å²) in [5, 5.41) is 2.24. The molecule has 1 atom stereocenters. The number of likely N-dealkylation sites (N-methyl/N-ethyl adjacent to an activating group) is 1. The van der Waals surface area contributed by atoms with Gasteiger partial charge in [-0.3, -0.25) is 14.4 Å². The van der Waals surface area contributed by atoms with Gasteiger partial charge in [-0.05, 0) is 30.5 Å². The summed E-state index contributed by atoms with van der Waals surface area (Å²) in [7, 11) is 1.52. The number of benzene rings is 2. The van der Waals surface area contributed by atoms with Gasteiger partial charge in [0.1, 0.15) is 5.25 Å². The molecule has 0 spiro atoms. The smallest absolute Gasteiger partial charge is 0.324 e. The molecule has 1 aliphatic rings. The van der Waals surface area contributed by atoms with E-state index in [1.54, 1.807) is 0 Å². The second kappa shape index (κ2) is 10.1. The molecule has 1 fully saturated rings. The summed E-state index contributed by atoms with van der Waals surface area (Å²) in [4.78, 5) is 39.0. The van der Waals surface area contributed by atoms with E-state index in [1.807, 2.05) is 60.7 Å². The highest BCUT2D eigenvalue weighted by atomic mass is 32.2. The minimum Gasteiger partial charge on any atom is -0.454 e. The summed E-state index contributed by atoms with van der Waals surface area (Å²) in [6.45, 7) is -0.446. The number of ether oxygens (including phenoxy) is 1. The number of nitrogens with one attached hydrogen (secondary N) is 1.